The quantitative estimate of drug-likeness (QED) is 0.193. The van der Waals surface area contributed by atoms with Crippen molar-refractivity contribution in [3.63, 3.8) is 0 Å². The molecule has 8 rings (SSSR count). The molecule has 3 amide bonds. The molecule has 296 valence electrons. The van der Waals surface area contributed by atoms with Crippen molar-refractivity contribution in [3.8, 4) is 0 Å². The maximum Gasteiger partial charge on any atom is 0.329 e. The third kappa shape index (κ3) is 6.96. The summed E-state index contributed by atoms with van der Waals surface area (Å²) in [5.41, 5.74) is 3.07. The molecule has 1 unspecified atom stereocenters. The minimum Gasteiger partial charge on any atom is -0.370 e. The van der Waals surface area contributed by atoms with Crippen molar-refractivity contribution < 1.29 is 23.2 Å². The van der Waals surface area contributed by atoms with E-state index >= 15 is 0 Å². The highest BCUT2D eigenvalue weighted by Gasteiger charge is 2.34. The number of aryl methyl sites for hydroxylation is 2. The molecule has 1 aliphatic carbocycles. The lowest BCUT2D eigenvalue weighted by Gasteiger charge is -2.40. The topological polar surface area (TPSA) is 157 Å². The van der Waals surface area contributed by atoms with Crippen LogP contribution in [-0.4, -0.2) is 88.9 Å². The number of carbonyl (C=O) groups is 3. The number of hydrogen-bond donors (Lipinski definition) is 2. The van der Waals surface area contributed by atoms with Gasteiger partial charge in [-0.25, -0.2) is 23.1 Å². The maximum absolute atomic E-state index is 14.2. The summed E-state index contributed by atoms with van der Waals surface area (Å²) >= 11 is 0. The summed E-state index contributed by atoms with van der Waals surface area (Å²) in [6.45, 7) is 4.53. The Balaban J connectivity index is 0.868. The van der Waals surface area contributed by atoms with Gasteiger partial charge >= 0.3 is 5.69 Å². The number of halogens is 2. The van der Waals surface area contributed by atoms with Gasteiger partial charge in [0.05, 0.1) is 34.6 Å². The number of hydrogen-bond acceptors (Lipinski definition) is 9. The van der Waals surface area contributed by atoms with Crippen LogP contribution in [0.15, 0.2) is 47.7 Å². The number of benzene rings is 1. The number of amides is 3. The zero-order valence-corrected chi connectivity index (χ0v) is 31.8. The molecular formula is C39H47F2N11O4. The second-order valence-electron chi connectivity index (χ2n) is 15.4. The maximum atomic E-state index is 14.2. The van der Waals surface area contributed by atoms with Gasteiger partial charge in [0.25, 0.3) is 12.3 Å². The van der Waals surface area contributed by atoms with Crippen molar-refractivity contribution in [2.24, 2.45) is 13.0 Å². The first-order chi connectivity index (χ1) is 27.0. The van der Waals surface area contributed by atoms with Crippen molar-refractivity contribution in [2.75, 3.05) is 36.9 Å². The van der Waals surface area contributed by atoms with Crippen LogP contribution < -0.4 is 21.2 Å². The zero-order valence-electron chi connectivity index (χ0n) is 31.8. The summed E-state index contributed by atoms with van der Waals surface area (Å²) in [5, 5.41) is 13.5. The number of anilines is 2. The van der Waals surface area contributed by atoms with Crippen LogP contribution in [0.5, 0.6) is 0 Å². The van der Waals surface area contributed by atoms with Crippen LogP contribution in [0.1, 0.15) is 98.5 Å². The summed E-state index contributed by atoms with van der Waals surface area (Å²) in [6, 6.07) is 7.26. The second-order valence-corrected chi connectivity index (χ2v) is 15.4. The van der Waals surface area contributed by atoms with E-state index in [1.54, 1.807) is 22.5 Å². The fourth-order valence-electron chi connectivity index (χ4n) is 8.90. The molecule has 3 aliphatic rings. The number of aromatic nitrogens is 7. The van der Waals surface area contributed by atoms with Crippen LogP contribution in [0.25, 0.3) is 16.7 Å². The van der Waals surface area contributed by atoms with E-state index in [1.807, 2.05) is 31.2 Å². The largest absolute Gasteiger partial charge is 0.370 e. The molecule has 0 bridgehead atoms. The highest BCUT2D eigenvalue weighted by molar-refractivity contribution is 6.08. The zero-order chi connectivity index (χ0) is 39.2. The number of para-hydroxylation sites is 1. The first-order valence-electron chi connectivity index (χ1n) is 19.5. The molecule has 0 radical (unpaired) electrons. The smallest absolute Gasteiger partial charge is 0.329 e. The van der Waals surface area contributed by atoms with Gasteiger partial charge in [0.2, 0.25) is 11.8 Å². The summed E-state index contributed by atoms with van der Waals surface area (Å²) in [4.78, 5) is 60.4. The van der Waals surface area contributed by atoms with Gasteiger partial charge in [0.15, 0.2) is 11.3 Å². The third-order valence-corrected chi connectivity index (χ3v) is 12.0. The molecule has 1 atom stereocenters. The Morgan fingerprint density at radius 1 is 1.05 bits per heavy atom. The number of rotatable bonds is 10. The van der Waals surface area contributed by atoms with E-state index in [0.29, 0.717) is 36.0 Å². The minimum atomic E-state index is -2.85. The average molecular weight is 772 g/mol. The Kier molecular flexibility index (Phi) is 10.2. The molecule has 6 heterocycles. The molecule has 15 nitrogen and oxygen atoms in total. The van der Waals surface area contributed by atoms with Gasteiger partial charge in [0.1, 0.15) is 11.6 Å². The highest BCUT2D eigenvalue weighted by atomic mass is 19.3. The first kappa shape index (κ1) is 37.5. The average Bonchev–Trinajstić information content (AvgIpc) is 3.89. The second kappa shape index (κ2) is 15.2. The molecule has 56 heavy (non-hydrogen) atoms. The molecule has 3 fully saturated rings. The molecule has 17 heteroatoms. The van der Waals surface area contributed by atoms with Crippen LogP contribution in [0.2, 0.25) is 0 Å². The van der Waals surface area contributed by atoms with E-state index < -0.39 is 30.0 Å². The SMILES string of the molecule is CCc1ccn2ncc(C(=O)Nc3cn(C4CCC(CN(C)C5CCN(c6cccc7c6n(C)c(=O)n7C6CCC(=O)NC6=O)CC5)CC4)nc3C(F)F)c2n1. The van der Waals surface area contributed by atoms with E-state index in [4.69, 9.17) is 0 Å². The van der Waals surface area contributed by atoms with E-state index in [2.05, 4.69) is 42.7 Å². The highest BCUT2D eigenvalue weighted by Crippen LogP contribution is 2.37. The van der Waals surface area contributed by atoms with Crippen LogP contribution in [0.4, 0.5) is 20.2 Å². The van der Waals surface area contributed by atoms with Crippen molar-refractivity contribution in [1.82, 2.24) is 43.7 Å². The molecule has 1 saturated carbocycles. The number of imidazole rings is 1. The molecular weight excluding hydrogens is 724 g/mol. The predicted molar refractivity (Wildman–Crippen MR) is 205 cm³/mol. The normalized spacial score (nSPS) is 21.1. The van der Waals surface area contributed by atoms with Crippen molar-refractivity contribution in [3.05, 3.63) is 70.3 Å². The van der Waals surface area contributed by atoms with Crippen LogP contribution in [0, 0.1) is 5.92 Å². The van der Waals surface area contributed by atoms with Gasteiger partial charge in [-0.2, -0.15) is 10.2 Å². The fraction of sp³-hybridized carbons (Fsp3) is 0.513. The fourth-order valence-corrected chi connectivity index (χ4v) is 8.90. The van der Waals surface area contributed by atoms with Gasteiger partial charge in [-0.05, 0) is 82.5 Å². The number of carbonyl (C=O) groups excluding carboxylic acids is 3. The van der Waals surface area contributed by atoms with E-state index in [1.165, 1.54) is 21.5 Å². The van der Waals surface area contributed by atoms with Crippen LogP contribution in [-0.2, 0) is 23.1 Å². The van der Waals surface area contributed by atoms with Crippen molar-refractivity contribution in [1.29, 1.82) is 0 Å². The molecule has 1 aromatic carbocycles. The number of fused-ring (bicyclic) bond motifs is 2. The van der Waals surface area contributed by atoms with Crippen LogP contribution >= 0.6 is 0 Å². The number of piperidine rings is 2. The van der Waals surface area contributed by atoms with Gasteiger partial charge in [0, 0.05) is 57.2 Å². The molecule has 2 N–H and O–H groups in total. The predicted octanol–water partition coefficient (Wildman–Crippen LogP) is 4.64. The van der Waals surface area contributed by atoms with E-state index in [-0.39, 0.29) is 35.3 Å². The Morgan fingerprint density at radius 3 is 2.54 bits per heavy atom. The summed E-state index contributed by atoms with van der Waals surface area (Å²) in [5.74, 6) is -0.862. The van der Waals surface area contributed by atoms with Gasteiger partial charge in [-0.1, -0.05) is 13.0 Å². The standard InChI is InChI=1S/C39H47F2N11O4/c1-4-24-14-19-50-36(43-24)27(20-42-50)37(54)44-28-22-51(46-33(28)35(40)41)26-10-8-23(9-11-26)21-47(2)25-15-17-49(18-16-25)29-6-5-7-30-34(29)48(3)39(56)52(30)31-12-13-32(53)45-38(31)55/h5-7,14,19-20,22-23,25-26,31,35H,4,8-13,15-18,21H2,1-3H3,(H,44,54)(H,45,53,55). The first-order valence-corrected chi connectivity index (χ1v) is 19.5. The molecule has 4 aromatic heterocycles. The number of imide groups is 1. The summed E-state index contributed by atoms with van der Waals surface area (Å²) in [6.07, 6.45) is 8.34. The Bertz CT molecular complexity index is 2350. The van der Waals surface area contributed by atoms with Crippen LogP contribution in [0.3, 0.4) is 0 Å². The van der Waals surface area contributed by atoms with Crippen molar-refractivity contribution in [2.45, 2.75) is 89.3 Å². The lowest BCUT2D eigenvalue weighted by molar-refractivity contribution is -0.135. The monoisotopic (exact) mass is 771 g/mol. The van der Waals surface area contributed by atoms with Gasteiger partial charge in [-0.15, -0.1) is 0 Å². The lowest BCUT2D eigenvalue weighted by atomic mass is 9.85. The Labute approximate surface area is 321 Å². The number of alkyl halides is 2. The number of nitrogens with one attached hydrogen (secondary N) is 2. The van der Waals surface area contributed by atoms with Gasteiger partial charge < -0.3 is 15.1 Å². The Morgan fingerprint density at radius 2 is 1.82 bits per heavy atom. The summed E-state index contributed by atoms with van der Waals surface area (Å²) < 4.78 is 34.5. The lowest BCUT2D eigenvalue weighted by Crippen LogP contribution is -2.45. The molecule has 5 aromatic rings. The Hall–Kier alpha value is -5.45. The molecule has 2 aliphatic heterocycles. The number of nitrogens with zero attached hydrogens (tertiary/aromatic N) is 9. The third-order valence-electron chi connectivity index (χ3n) is 12.0. The summed E-state index contributed by atoms with van der Waals surface area (Å²) in [7, 11) is 3.91. The van der Waals surface area contributed by atoms with E-state index in [9.17, 15) is 28.0 Å². The molecule has 2 saturated heterocycles. The minimum absolute atomic E-state index is 0.00506. The van der Waals surface area contributed by atoms with E-state index in [0.717, 1.165) is 75.1 Å². The van der Waals surface area contributed by atoms with Crippen molar-refractivity contribution >= 4 is 45.8 Å². The molecule has 0 spiro atoms. The van der Waals surface area contributed by atoms with Gasteiger partial charge in [-0.3, -0.25) is 33.5 Å².